The van der Waals surface area contributed by atoms with Crippen molar-refractivity contribution in [3.8, 4) is 0 Å². The number of nitrogens with two attached hydrogens (primary N) is 1. The van der Waals surface area contributed by atoms with Gasteiger partial charge in [0.2, 0.25) is 0 Å². The molecule has 1 atom stereocenters. The maximum absolute atomic E-state index is 5.62. The number of H-pyrrole nitrogens is 1. The van der Waals surface area contributed by atoms with Crippen LogP contribution in [0.25, 0.3) is 0 Å². The van der Waals surface area contributed by atoms with Crippen molar-refractivity contribution in [3.63, 3.8) is 0 Å². The number of aromatic amines is 1. The summed E-state index contributed by atoms with van der Waals surface area (Å²) in [6.07, 6.45) is 7.45. The Morgan fingerprint density at radius 2 is 2.45 bits per heavy atom. The fraction of sp³-hybridized carbons (Fsp3) is 0.556. The third-order valence-electron chi connectivity index (χ3n) is 1.79. The van der Waals surface area contributed by atoms with Gasteiger partial charge >= 0.3 is 0 Å². The van der Waals surface area contributed by atoms with Gasteiger partial charge in [0.1, 0.15) is 0 Å². The minimum absolute atomic E-state index is 0.342. The summed E-state index contributed by atoms with van der Waals surface area (Å²) in [6.45, 7) is 2.05. The molecule has 11 heavy (non-hydrogen) atoms. The van der Waals surface area contributed by atoms with Crippen LogP contribution >= 0.6 is 0 Å². The van der Waals surface area contributed by atoms with Crippen molar-refractivity contribution in [1.82, 2.24) is 4.98 Å². The quantitative estimate of drug-likeness (QED) is 0.677. The third kappa shape index (κ3) is 3.23. The van der Waals surface area contributed by atoms with E-state index in [9.17, 15) is 0 Å². The lowest BCUT2D eigenvalue weighted by molar-refractivity contribution is 0.624. The van der Waals surface area contributed by atoms with E-state index in [1.807, 2.05) is 12.4 Å². The number of hydrogen-bond donors (Lipinski definition) is 2. The molecule has 1 rings (SSSR count). The zero-order valence-electron chi connectivity index (χ0n) is 7.01. The Kier molecular flexibility index (Phi) is 3.17. The van der Waals surface area contributed by atoms with Crippen LogP contribution in [0.3, 0.4) is 0 Å². The first kappa shape index (κ1) is 8.34. The van der Waals surface area contributed by atoms with Crippen LogP contribution in [-0.4, -0.2) is 11.0 Å². The largest absolute Gasteiger partial charge is 0.367 e. The number of aryl methyl sites for hydroxylation is 1. The monoisotopic (exact) mass is 152 g/mol. The summed E-state index contributed by atoms with van der Waals surface area (Å²) in [5.74, 6) is 0. The number of aromatic nitrogens is 1. The molecule has 2 nitrogen and oxygen atoms in total. The first-order valence-corrected chi connectivity index (χ1v) is 4.16. The summed E-state index contributed by atoms with van der Waals surface area (Å²) in [7, 11) is 0. The molecule has 0 saturated carbocycles. The zero-order chi connectivity index (χ0) is 8.10. The van der Waals surface area contributed by atoms with E-state index in [4.69, 9.17) is 5.73 Å². The van der Waals surface area contributed by atoms with Crippen molar-refractivity contribution in [1.29, 1.82) is 0 Å². The van der Waals surface area contributed by atoms with Crippen LogP contribution in [0, 0.1) is 0 Å². The van der Waals surface area contributed by atoms with E-state index >= 15 is 0 Å². The van der Waals surface area contributed by atoms with Gasteiger partial charge in [-0.3, -0.25) is 0 Å². The standard InChI is InChI=1S/C9H16N2/c1-8(10)3-2-4-9-5-6-11-7-9/h5-8,11H,2-4,10H2,1H3. The molecule has 1 unspecified atom stereocenters. The lowest BCUT2D eigenvalue weighted by Crippen LogP contribution is -2.14. The van der Waals surface area contributed by atoms with Crippen molar-refractivity contribution in [3.05, 3.63) is 24.0 Å². The van der Waals surface area contributed by atoms with E-state index in [-0.39, 0.29) is 0 Å². The molecule has 1 heterocycles. The Morgan fingerprint density at radius 3 is 3.00 bits per heavy atom. The van der Waals surface area contributed by atoms with Gasteiger partial charge in [-0.15, -0.1) is 0 Å². The zero-order valence-corrected chi connectivity index (χ0v) is 7.01. The van der Waals surface area contributed by atoms with Gasteiger partial charge in [-0.1, -0.05) is 0 Å². The Hall–Kier alpha value is -0.760. The van der Waals surface area contributed by atoms with Crippen molar-refractivity contribution < 1.29 is 0 Å². The molecule has 0 aliphatic heterocycles. The first-order valence-electron chi connectivity index (χ1n) is 4.16. The molecule has 0 amide bonds. The molecule has 0 spiro atoms. The second kappa shape index (κ2) is 4.19. The van der Waals surface area contributed by atoms with E-state index < -0.39 is 0 Å². The fourth-order valence-electron chi connectivity index (χ4n) is 1.14. The molecule has 3 N–H and O–H groups in total. The smallest absolute Gasteiger partial charge is 0.00373 e. The molecule has 0 bridgehead atoms. The summed E-state index contributed by atoms with van der Waals surface area (Å²) in [5, 5.41) is 0. The van der Waals surface area contributed by atoms with Crippen molar-refractivity contribution >= 4 is 0 Å². The molecule has 0 saturated heterocycles. The highest BCUT2D eigenvalue weighted by Gasteiger charge is 1.95. The molecule has 1 aromatic rings. The molecule has 2 heteroatoms. The highest BCUT2D eigenvalue weighted by Crippen LogP contribution is 2.04. The molecule has 0 fully saturated rings. The number of rotatable bonds is 4. The van der Waals surface area contributed by atoms with Gasteiger partial charge in [0.05, 0.1) is 0 Å². The first-order chi connectivity index (χ1) is 5.29. The molecule has 1 aromatic heterocycles. The summed E-state index contributed by atoms with van der Waals surface area (Å²) in [5.41, 5.74) is 7.00. The van der Waals surface area contributed by atoms with E-state index in [0.29, 0.717) is 6.04 Å². The highest BCUT2D eigenvalue weighted by atomic mass is 14.6. The normalized spacial score (nSPS) is 13.3. The van der Waals surface area contributed by atoms with E-state index in [1.54, 1.807) is 0 Å². The van der Waals surface area contributed by atoms with Gasteiger partial charge in [0.25, 0.3) is 0 Å². The van der Waals surface area contributed by atoms with Crippen molar-refractivity contribution in [2.45, 2.75) is 32.2 Å². The summed E-state index contributed by atoms with van der Waals surface area (Å²) in [4.78, 5) is 3.04. The molecule has 0 aliphatic rings. The van der Waals surface area contributed by atoms with Gasteiger partial charge in [0.15, 0.2) is 0 Å². The number of hydrogen-bond acceptors (Lipinski definition) is 1. The second-order valence-corrected chi connectivity index (χ2v) is 3.09. The highest BCUT2D eigenvalue weighted by molar-refractivity contribution is 5.07. The molecular formula is C9H16N2. The van der Waals surface area contributed by atoms with Crippen molar-refractivity contribution in [2.75, 3.05) is 0 Å². The van der Waals surface area contributed by atoms with Crippen LogP contribution in [0.4, 0.5) is 0 Å². The number of nitrogens with one attached hydrogen (secondary N) is 1. The lowest BCUT2D eigenvalue weighted by Gasteiger charge is -2.02. The Bertz CT molecular complexity index is 177. The average Bonchev–Trinajstić information content (AvgIpc) is 2.39. The topological polar surface area (TPSA) is 41.8 Å². The van der Waals surface area contributed by atoms with E-state index in [2.05, 4.69) is 18.0 Å². The summed E-state index contributed by atoms with van der Waals surface area (Å²) >= 11 is 0. The molecule has 62 valence electrons. The maximum atomic E-state index is 5.62. The van der Waals surface area contributed by atoms with Gasteiger partial charge in [-0.25, -0.2) is 0 Å². The Balaban J connectivity index is 2.14. The van der Waals surface area contributed by atoms with Gasteiger partial charge in [-0.2, -0.15) is 0 Å². The van der Waals surface area contributed by atoms with Gasteiger partial charge in [-0.05, 0) is 37.8 Å². The van der Waals surface area contributed by atoms with Crippen LogP contribution in [0.15, 0.2) is 18.5 Å². The van der Waals surface area contributed by atoms with E-state index in [1.165, 1.54) is 12.0 Å². The van der Waals surface area contributed by atoms with Crippen LogP contribution in [0.1, 0.15) is 25.3 Å². The summed E-state index contributed by atoms with van der Waals surface area (Å²) < 4.78 is 0. The minimum atomic E-state index is 0.342. The SMILES string of the molecule is CC(N)CCCc1cc[nH]c1. The van der Waals surface area contributed by atoms with Gasteiger partial charge < -0.3 is 10.7 Å². The minimum Gasteiger partial charge on any atom is -0.367 e. The fourth-order valence-corrected chi connectivity index (χ4v) is 1.14. The van der Waals surface area contributed by atoms with Crippen LogP contribution in [0.2, 0.25) is 0 Å². The summed E-state index contributed by atoms with van der Waals surface area (Å²) in [6, 6.07) is 2.45. The van der Waals surface area contributed by atoms with Crippen LogP contribution in [-0.2, 0) is 6.42 Å². The predicted octanol–water partition coefficient (Wildman–Crippen LogP) is 1.68. The van der Waals surface area contributed by atoms with Crippen molar-refractivity contribution in [2.24, 2.45) is 5.73 Å². The maximum Gasteiger partial charge on any atom is 0.00373 e. The second-order valence-electron chi connectivity index (χ2n) is 3.09. The van der Waals surface area contributed by atoms with Gasteiger partial charge in [0, 0.05) is 18.4 Å². The molecule has 0 radical (unpaired) electrons. The lowest BCUT2D eigenvalue weighted by atomic mass is 10.1. The molecule has 0 aliphatic carbocycles. The molecule has 0 aromatic carbocycles. The van der Waals surface area contributed by atoms with E-state index in [0.717, 1.165) is 12.8 Å². The van der Waals surface area contributed by atoms with Crippen LogP contribution < -0.4 is 5.73 Å². The van der Waals surface area contributed by atoms with Crippen LogP contribution in [0.5, 0.6) is 0 Å². The molecular weight excluding hydrogens is 136 g/mol. The average molecular weight is 152 g/mol. The predicted molar refractivity (Wildman–Crippen MR) is 47.4 cm³/mol. The Morgan fingerprint density at radius 1 is 1.64 bits per heavy atom. The third-order valence-corrected chi connectivity index (χ3v) is 1.79. The Labute approximate surface area is 67.8 Å².